The summed E-state index contributed by atoms with van der Waals surface area (Å²) in [4.78, 5) is 16.5. The molecule has 1 saturated heterocycles. The van der Waals surface area contributed by atoms with Crippen LogP contribution in [0.25, 0.3) is 0 Å². The van der Waals surface area contributed by atoms with Crippen molar-refractivity contribution in [1.29, 1.82) is 0 Å². The molecule has 1 aliphatic rings. The van der Waals surface area contributed by atoms with Crippen molar-refractivity contribution >= 4 is 5.91 Å². The number of rotatable bonds is 3. The molecule has 100 valence electrons. The average molecular weight is 241 g/mol. The lowest BCUT2D eigenvalue weighted by Gasteiger charge is -2.43. The maximum absolute atomic E-state index is 12.2. The summed E-state index contributed by atoms with van der Waals surface area (Å²) < 4.78 is 0. The van der Waals surface area contributed by atoms with Crippen molar-refractivity contribution in [3.63, 3.8) is 0 Å². The number of piperazine rings is 1. The monoisotopic (exact) mass is 241 g/mol. The number of likely N-dealkylation sites (N-methyl/N-ethyl adjacent to an activating group) is 1. The second-order valence-electron chi connectivity index (χ2n) is 5.84. The number of hydrogen-bond donors (Lipinski definition) is 1. The first-order valence-electron chi connectivity index (χ1n) is 6.59. The molecule has 0 aromatic carbocycles. The van der Waals surface area contributed by atoms with Gasteiger partial charge in [0.25, 0.3) is 0 Å². The molecule has 0 aromatic rings. The number of hydrogen-bond acceptors (Lipinski definition) is 3. The lowest BCUT2D eigenvalue weighted by atomic mass is 10.0. The van der Waals surface area contributed by atoms with Gasteiger partial charge in [-0.15, -0.1) is 0 Å². The van der Waals surface area contributed by atoms with Gasteiger partial charge >= 0.3 is 0 Å². The minimum absolute atomic E-state index is 0.116. The molecule has 3 unspecified atom stereocenters. The van der Waals surface area contributed by atoms with Crippen LogP contribution in [-0.2, 0) is 4.79 Å². The third kappa shape index (κ3) is 3.68. The molecular formula is C13H27N3O. The van der Waals surface area contributed by atoms with Crippen molar-refractivity contribution in [2.45, 2.75) is 52.2 Å². The Hall–Kier alpha value is -0.610. The Labute approximate surface area is 105 Å². The standard InChI is InChI=1S/C13H27N3O/c1-9(2)6-12(14)13(17)16-7-10(3)15(5)11(4)8-16/h9-12H,6-8,14H2,1-5H3. The summed E-state index contributed by atoms with van der Waals surface area (Å²) in [5.74, 6) is 0.585. The van der Waals surface area contributed by atoms with Gasteiger partial charge < -0.3 is 10.6 Å². The molecule has 1 heterocycles. The van der Waals surface area contributed by atoms with Crippen molar-refractivity contribution in [1.82, 2.24) is 9.80 Å². The number of amides is 1. The summed E-state index contributed by atoms with van der Waals surface area (Å²) in [6.07, 6.45) is 0.772. The Balaban J connectivity index is 2.58. The molecule has 1 amide bonds. The van der Waals surface area contributed by atoms with Gasteiger partial charge in [-0.1, -0.05) is 13.8 Å². The first kappa shape index (κ1) is 14.5. The predicted octanol–water partition coefficient (Wildman–Crippen LogP) is 0.911. The fraction of sp³-hybridized carbons (Fsp3) is 0.923. The van der Waals surface area contributed by atoms with Crippen molar-refractivity contribution in [3.8, 4) is 0 Å². The van der Waals surface area contributed by atoms with E-state index in [-0.39, 0.29) is 11.9 Å². The zero-order chi connectivity index (χ0) is 13.2. The summed E-state index contributed by atoms with van der Waals surface area (Å²) in [7, 11) is 2.12. The van der Waals surface area contributed by atoms with Crippen molar-refractivity contribution in [3.05, 3.63) is 0 Å². The summed E-state index contributed by atoms with van der Waals surface area (Å²) >= 11 is 0. The summed E-state index contributed by atoms with van der Waals surface area (Å²) in [5.41, 5.74) is 5.97. The zero-order valence-electron chi connectivity index (χ0n) is 11.8. The number of carbonyl (C=O) groups is 1. The average Bonchev–Trinajstić information content (AvgIpc) is 2.23. The van der Waals surface area contributed by atoms with Crippen LogP contribution < -0.4 is 5.73 Å². The van der Waals surface area contributed by atoms with Crippen LogP contribution in [-0.4, -0.2) is 54.0 Å². The fourth-order valence-corrected chi connectivity index (χ4v) is 2.43. The van der Waals surface area contributed by atoms with E-state index in [1.807, 2.05) is 4.90 Å². The van der Waals surface area contributed by atoms with Gasteiger partial charge in [0, 0.05) is 25.2 Å². The highest BCUT2D eigenvalue weighted by Gasteiger charge is 2.31. The van der Waals surface area contributed by atoms with Gasteiger partial charge in [-0.2, -0.15) is 0 Å². The predicted molar refractivity (Wildman–Crippen MR) is 70.7 cm³/mol. The Morgan fingerprint density at radius 2 is 1.76 bits per heavy atom. The van der Waals surface area contributed by atoms with E-state index in [9.17, 15) is 4.79 Å². The van der Waals surface area contributed by atoms with Crippen LogP contribution in [0.4, 0.5) is 0 Å². The third-order valence-electron chi connectivity index (χ3n) is 3.71. The van der Waals surface area contributed by atoms with Gasteiger partial charge in [0.05, 0.1) is 6.04 Å². The summed E-state index contributed by atoms with van der Waals surface area (Å²) in [5, 5.41) is 0. The normalized spacial score (nSPS) is 28.5. The molecule has 4 heteroatoms. The molecule has 0 radical (unpaired) electrons. The number of nitrogens with two attached hydrogens (primary N) is 1. The molecule has 1 fully saturated rings. The van der Waals surface area contributed by atoms with E-state index in [0.717, 1.165) is 19.5 Å². The smallest absolute Gasteiger partial charge is 0.239 e. The number of carbonyl (C=O) groups excluding carboxylic acids is 1. The van der Waals surface area contributed by atoms with E-state index < -0.39 is 0 Å². The van der Waals surface area contributed by atoms with E-state index in [4.69, 9.17) is 5.73 Å². The van der Waals surface area contributed by atoms with Crippen LogP contribution in [0.2, 0.25) is 0 Å². The molecule has 0 aromatic heterocycles. The lowest BCUT2D eigenvalue weighted by molar-refractivity contribution is -0.136. The highest BCUT2D eigenvalue weighted by atomic mass is 16.2. The summed E-state index contributed by atoms with van der Waals surface area (Å²) in [6, 6.07) is 0.487. The molecule has 3 atom stereocenters. The highest BCUT2D eigenvalue weighted by molar-refractivity contribution is 5.81. The molecule has 4 nitrogen and oxygen atoms in total. The van der Waals surface area contributed by atoms with E-state index in [2.05, 4.69) is 39.6 Å². The zero-order valence-corrected chi connectivity index (χ0v) is 11.8. The molecule has 0 bridgehead atoms. The highest BCUT2D eigenvalue weighted by Crippen LogP contribution is 2.15. The van der Waals surface area contributed by atoms with Crippen LogP contribution in [0.15, 0.2) is 0 Å². The van der Waals surface area contributed by atoms with E-state index in [0.29, 0.717) is 18.0 Å². The quantitative estimate of drug-likeness (QED) is 0.799. The Morgan fingerprint density at radius 1 is 1.29 bits per heavy atom. The first-order valence-corrected chi connectivity index (χ1v) is 6.59. The minimum Gasteiger partial charge on any atom is -0.338 e. The van der Waals surface area contributed by atoms with Gasteiger partial charge in [-0.05, 0) is 33.2 Å². The fourth-order valence-electron chi connectivity index (χ4n) is 2.43. The maximum Gasteiger partial charge on any atom is 0.239 e. The maximum atomic E-state index is 12.2. The van der Waals surface area contributed by atoms with Crippen molar-refractivity contribution in [2.24, 2.45) is 11.7 Å². The second kappa shape index (κ2) is 5.83. The van der Waals surface area contributed by atoms with Crippen molar-refractivity contribution < 1.29 is 4.79 Å². The van der Waals surface area contributed by atoms with Gasteiger partial charge in [0.1, 0.15) is 0 Å². The molecule has 1 rings (SSSR count). The Morgan fingerprint density at radius 3 is 2.18 bits per heavy atom. The topological polar surface area (TPSA) is 49.6 Å². The van der Waals surface area contributed by atoms with Crippen LogP contribution in [0.3, 0.4) is 0 Å². The van der Waals surface area contributed by atoms with Crippen LogP contribution in [0.1, 0.15) is 34.1 Å². The van der Waals surface area contributed by atoms with Crippen molar-refractivity contribution in [2.75, 3.05) is 20.1 Å². The molecule has 2 N–H and O–H groups in total. The molecule has 0 aliphatic carbocycles. The van der Waals surface area contributed by atoms with E-state index in [1.165, 1.54) is 0 Å². The molecule has 0 spiro atoms. The van der Waals surface area contributed by atoms with Gasteiger partial charge in [-0.3, -0.25) is 9.69 Å². The second-order valence-corrected chi connectivity index (χ2v) is 5.84. The SMILES string of the molecule is CC(C)CC(N)C(=O)N1CC(C)N(C)C(C)C1. The summed E-state index contributed by atoms with van der Waals surface area (Å²) in [6.45, 7) is 10.1. The van der Waals surface area contributed by atoms with Crippen LogP contribution in [0, 0.1) is 5.92 Å². The van der Waals surface area contributed by atoms with E-state index in [1.54, 1.807) is 0 Å². The lowest BCUT2D eigenvalue weighted by Crippen LogP contribution is -2.59. The number of nitrogens with zero attached hydrogens (tertiary/aromatic N) is 2. The van der Waals surface area contributed by atoms with Crippen LogP contribution in [0.5, 0.6) is 0 Å². The van der Waals surface area contributed by atoms with Gasteiger partial charge in [0.2, 0.25) is 5.91 Å². The molecular weight excluding hydrogens is 214 g/mol. The third-order valence-corrected chi connectivity index (χ3v) is 3.71. The Bertz CT molecular complexity index is 255. The van der Waals surface area contributed by atoms with Crippen LogP contribution >= 0.6 is 0 Å². The van der Waals surface area contributed by atoms with Gasteiger partial charge in [-0.25, -0.2) is 0 Å². The molecule has 1 aliphatic heterocycles. The van der Waals surface area contributed by atoms with Gasteiger partial charge in [0.15, 0.2) is 0 Å². The molecule has 17 heavy (non-hydrogen) atoms. The molecule has 0 saturated carbocycles. The largest absolute Gasteiger partial charge is 0.338 e. The minimum atomic E-state index is -0.335. The Kier molecular flexibility index (Phi) is 4.95. The van der Waals surface area contributed by atoms with E-state index >= 15 is 0 Å². The first-order chi connectivity index (χ1) is 7.82.